The number of rotatable bonds is 5. The Morgan fingerprint density at radius 1 is 1.20 bits per heavy atom. The zero-order valence-electron chi connectivity index (χ0n) is 10.5. The van der Waals surface area contributed by atoms with Crippen LogP contribution >= 0.6 is 0 Å². The van der Waals surface area contributed by atoms with Crippen LogP contribution in [0.1, 0.15) is 46.5 Å². The highest BCUT2D eigenvalue weighted by atomic mass is 16.1. The fraction of sp³-hybridized carbons (Fsp3) is 0.923. The number of unbranched alkanes of at least 4 members (excludes halogenated alkanes) is 1. The lowest BCUT2D eigenvalue weighted by molar-refractivity contribution is -0.117. The van der Waals surface area contributed by atoms with Gasteiger partial charge in [-0.3, -0.25) is 0 Å². The second-order valence-corrected chi connectivity index (χ2v) is 5.36. The third-order valence-corrected chi connectivity index (χ3v) is 3.20. The van der Waals surface area contributed by atoms with E-state index in [9.17, 15) is 4.79 Å². The minimum Gasteiger partial charge on any atom is -0.303 e. The van der Waals surface area contributed by atoms with Crippen molar-refractivity contribution in [2.45, 2.75) is 46.5 Å². The fourth-order valence-electron chi connectivity index (χ4n) is 2.68. The fourth-order valence-corrected chi connectivity index (χ4v) is 2.68. The topological polar surface area (TPSA) is 20.3 Å². The van der Waals surface area contributed by atoms with Gasteiger partial charge >= 0.3 is 0 Å². The number of carbonyl (C=O) groups is 1. The summed E-state index contributed by atoms with van der Waals surface area (Å²) in [5.41, 5.74) is 0. The van der Waals surface area contributed by atoms with Crippen molar-refractivity contribution in [3.8, 4) is 0 Å². The predicted octanol–water partition coefficient (Wildman–Crippen LogP) is 2.72. The van der Waals surface area contributed by atoms with Gasteiger partial charge in [0.1, 0.15) is 5.78 Å². The maximum atomic E-state index is 10.8. The minimum atomic E-state index is 0.329. The summed E-state index contributed by atoms with van der Waals surface area (Å²) in [5, 5.41) is 0. The minimum absolute atomic E-state index is 0.329. The summed E-state index contributed by atoms with van der Waals surface area (Å²) in [6.07, 6.45) is 4.39. The molecule has 2 nitrogen and oxygen atoms in total. The van der Waals surface area contributed by atoms with E-state index >= 15 is 0 Å². The first-order valence-corrected chi connectivity index (χ1v) is 6.29. The lowest BCUT2D eigenvalue weighted by Gasteiger charge is -2.34. The Labute approximate surface area is 94.0 Å². The van der Waals surface area contributed by atoms with Crippen LogP contribution in [0.4, 0.5) is 0 Å². The Kier molecular flexibility index (Phi) is 5.30. The Morgan fingerprint density at radius 3 is 2.33 bits per heavy atom. The van der Waals surface area contributed by atoms with Crippen molar-refractivity contribution >= 4 is 5.78 Å². The Hall–Kier alpha value is -0.370. The molecule has 0 radical (unpaired) electrons. The summed E-state index contributed by atoms with van der Waals surface area (Å²) < 4.78 is 0. The molecule has 0 N–H and O–H groups in total. The van der Waals surface area contributed by atoms with Crippen LogP contribution in [0.3, 0.4) is 0 Å². The lowest BCUT2D eigenvalue weighted by Crippen LogP contribution is -2.39. The van der Waals surface area contributed by atoms with E-state index in [0.717, 1.165) is 24.7 Å². The summed E-state index contributed by atoms with van der Waals surface area (Å²) in [4.78, 5) is 13.4. The number of carbonyl (C=O) groups excluding carboxylic acids is 1. The molecule has 0 aromatic carbocycles. The van der Waals surface area contributed by atoms with Gasteiger partial charge in [-0.05, 0) is 44.6 Å². The molecule has 0 spiro atoms. The van der Waals surface area contributed by atoms with Gasteiger partial charge in [0.05, 0.1) is 0 Å². The molecule has 2 atom stereocenters. The average molecular weight is 211 g/mol. The summed E-state index contributed by atoms with van der Waals surface area (Å²) in [6.45, 7) is 10.1. The third kappa shape index (κ3) is 5.31. The van der Waals surface area contributed by atoms with Gasteiger partial charge < -0.3 is 9.69 Å². The summed E-state index contributed by atoms with van der Waals surface area (Å²) in [7, 11) is 0. The van der Waals surface area contributed by atoms with Crippen LogP contribution < -0.4 is 0 Å². The van der Waals surface area contributed by atoms with E-state index in [1.807, 2.05) is 0 Å². The van der Waals surface area contributed by atoms with Crippen LogP contribution in [0.25, 0.3) is 0 Å². The summed E-state index contributed by atoms with van der Waals surface area (Å²) >= 11 is 0. The first-order valence-electron chi connectivity index (χ1n) is 6.29. The molecule has 0 amide bonds. The van der Waals surface area contributed by atoms with Crippen LogP contribution in [0, 0.1) is 11.8 Å². The molecular weight excluding hydrogens is 186 g/mol. The van der Waals surface area contributed by atoms with E-state index in [0.29, 0.717) is 5.78 Å². The zero-order chi connectivity index (χ0) is 11.3. The van der Waals surface area contributed by atoms with Gasteiger partial charge in [-0.2, -0.15) is 0 Å². The molecule has 0 aromatic rings. The molecule has 1 aliphatic heterocycles. The van der Waals surface area contributed by atoms with Gasteiger partial charge in [0.2, 0.25) is 0 Å². The van der Waals surface area contributed by atoms with E-state index < -0.39 is 0 Å². The highest BCUT2D eigenvalue weighted by Crippen LogP contribution is 2.21. The highest BCUT2D eigenvalue weighted by molar-refractivity contribution is 5.75. The molecule has 2 heteroatoms. The smallest absolute Gasteiger partial charge is 0.129 e. The number of hydrogen-bond acceptors (Lipinski definition) is 2. The van der Waals surface area contributed by atoms with Gasteiger partial charge in [0, 0.05) is 19.5 Å². The zero-order valence-corrected chi connectivity index (χ0v) is 10.5. The standard InChI is InChI=1S/C13H25NO/c1-11-8-12(2)10-14(9-11)7-5-4-6-13(3)15/h11-12H,4-10H2,1-3H3. The van der Waals surface area contributed by atoms with Gasteiger partial charge in [-0.1, -0.05) is 13.8 Å². The van der Waals surface area contributed by atoms with E-state index in [1.165, 1.54) is 32.5 Å². The molecule has 0 bridgehead atoms. The molecule has 1 saturated heterocycles. The van der Waals surface area contributed by atoms with Crippen molar-refractivity contribution in [2.24, 2.45) is 11.8 Å². The van der Waals surface area contributed by atoms with Crippen LogP contribution in [0.2, 0.25) is 0 Å². The number of Topliss-reactive ketones (excluding diaryl/α,β-unsaturated/α-hetero) is 1. The second-order valence-electron chi connectivity index (χ2n) is 5.36. The number of likely N-dealkylation sites (tertiary alicyclic amines) is 1. The van der Waals surface area contributed by atoms with Crippen molar-refractivity contribution in [1.29, 1.82) is 0 Å². The molecule has 1 heterocycles. The molecular formula is C13H25NO. The number of piperidine rings is 1. The molecule has 0 saturated carbocycles. The van der Waals surface area contributed by atoms with Crippen LogP contribution in [0.15, 0.2) is 0 Å². The van der Waals surface area contributed by atoms with Crippen molar-refractivity contribution in [1.82, 2.24) is 4.90 Å². The summed E-state index contributed by atoms with van der Waals surface area (Å²) in [6, 6.07) is 0. The average Bonchev–Trinajstić information content (AvgIpc) is 2.10. The summed E-state index contributed by atoms with van der Waals surface area (Å²) in [5.74, 6) is 2.03. The maximum absolute atomic E-state index is 10.8. The van der Waals surface area contributed by atoms with E-state index in [2.05, 4.69) is 18.7 Å². The van der Waals surface area contributed by atoms with Gasteiger partial charge in [0.15, 0.2) is 0 Å². The van der Waals surface area contributed by atoms with Crippen molar-refractivity contribution in [2.75, 3.05) is 19.6 Å². The van der Waals surface area contributed by atoms with E-state index in [1.54, 1.807) is 6.92 Å². The van der Waals surface area contributed by atoms with Crippen LogP contribution in [-0.2, 0) is 4.79 Å². The first-order chi connectivity index (χ1) is 7.08. The lowest BCUT2D eigenvalue weighted by atomic mass is 9.92. The Morgan fingerprint density at radius 2 is 1.80 bits per heavy atom. The molecule has 15 heavy (non-hydrogen) atoms. The SMILES string of the molecule is CC(=O)CCCCN1CC(C)CC(C)C1. The molecule has 0 aliphatic carbocycles. The highest BCUT2D eigenvalue weighted by Gasteiger charge is 2.20. The molecule has 1 rings (SSSR count). The normalized spacial score (nSPS) is 27.9. The molecule has 1 fully saturated rings. The third-order valence-electron chi connectivity index (χ3n) is 3.20. The molecule has 1 aliphatic rings. The van der Waals surface area contributed by atoms with Crippen LogP contribution in [0.5, 0.6) is 0 Å². The number of ketones is 1. The van der Waals surface area contributed by atoms with Crippen LogP contribution in [-0.4, -0.2) is 30.3 Å². The number of hydrogen-bond donors (Lipinski definition) is 0. The van der Waals surface area contributed by atoms with E-state index in [-0.39, 0.29) is 0 Å². The van der Waals surface area contributed by atoms with Gasteiger partial charge in [-0.15, -0.1) is 0 Å². The molecule has 2 unspecified atom stereocenters. The largest absolute Gasteiger partial charge is 0.303 e. The predicted molar refractivity (Wildman–Crippen MR) is 63.9 cm³/mol. The molecule has 0 aromatic heterocycles. The maximum Gasteiger partial charge on any atom is 0.129 e. The number of nitrogens with zero attached hydrogens (tertiary/aromatic N) is 1. The van der Waals surface area contributed by atoms with Gasteiger partial charge in [-0.25, -0.2) is 0 Å². The molecule has 88 valence electrons. The van der Waals surface area contributed by atoms with Crippen molar-refractivity contribution in [3.05, 3.63) is 0 Å². The first kappa shape index (κ1) is 12.7. The monoisotopic (exact) mass is 211 g/mol. The Bertz CT molecular complexity index is 193. The van der Waals surface area contributed by atoms with E-state index in [4.69, 9.17) is 0 Å². The van der Waals surface area contributed by atoms with Crippen molar-refractivity contribution in [3.63, 3.8) is 0 Å². The quantitative estimate of drug-likeness (QED) is 0.652. The Balaban J connectivity index is 2.12. The van der Waals surface area contributed by atoms with Crippen molar-refractivity contribution < 1.29 is 4.79 Å². The second kappa shape index (κ2) is 6.26. The van der Waals surface area contributed by atoms with Gasteiger partial charge in [0.25, 0.3) is 0 Å².